The van der Waals surface area contributed by atoms with Gasteiger partial charge in [-0.15, -0.1) is 0 Å². The van der Waals surface area contributed by atoms with Crippen LogP contribution in [0.4, 0.5) is 0 Å². The van der Waals surface area contributed by atoms with Crippen molar-refractivity contribution in [1.82, 2.24) is 10.4 Å². The molecule has 0 amide bonds. The molecule has 102 valence electrons. The zero-order valence-electron chi connectivity index (χ0n) is 11.8. The number of hydrogen-bond acceptors (Lipinski definition) is 4. The summed E-state index contributed by atoms with van der Waals surface area (Å²) in [6.07, 6.45) is 5.92. The molecule has 1 aromatic heterocycles. The molecule has 4 heteroatoms. The molecular formula is C14H25N3O. The summed E-state index contributed by atoms with van der Waals surface area (Å²) in [6.45, 7) is 8.37. The van der Waals surface area contributed by atoms with Crippen molar-refractivity contribution < 1.29 is 4.74 Å². The summed E-state index contributed by atoms with van der Waals surface area (Å²) in [7, 11) is 0. The van der Waals surface area contributed by atoms with E-state index in [0.717, 1.165) is 24.2 Å². The zero-order valence-corrected chi connectivity index (χ0v) is 11.8. The average molecular weight is 251 g/mol. The van der Waals surface area contributed by atoms with Gasteiger partial charge in [0.2, 0.25) is 0 Å². The lowest BCUT2D eigenvalue weighted by Crippen LogP contribution is -2.33. The normalized spacial score (nSPS) is 13.1. The smallest absolute Gasteiger partial charge is 0.138 e. The SMILES string of the molecule is CCC(CC)C(NN)c1cncc(OC(C)C)c1. The van der Waals surface area contributed by atoms with Crippen molar-refractivity contribution in [2.24, 2.45) is 11.8 Å². The van der Waals surface area contributed by atoms with Gasteiger partial charge in [0.25, 0.3) is 0 Å². The first-order chi connectivity index (χ1) is 8.62. The average Bonchev–Trinajstić information content (AvgIpc) is 2.35. The molecule has 0 aliphatic heterocycles. The van der Waals surface area contributed by atoms with Crippen molar-refractivity contribution in [2.75, 3.05) is 0 Å². The van der Waals surface area contributed by atoms with Crippen LogP contribution in [0, 0.1) is 5.92 Å². The first-order valence-corrected chi connectivity index (χ1v) is 6.70. The number of pyridine rings is 1. The first kappa shape index (κ1) is 14.9. The molecule has 1 atom stereocenters. The van der Waals surface area contributed by atoms with Gasteiger partial charge in [0, 0.05) is 6.20 Å². The topological polar surface area (TPSA) is 60.2 Å². The molecule has 0 saturated heterocycles. The van der Waals surface area contributed by atoms with E-state index in [4.69, 9.17) is 10.6 Å². The molecule has 0 fully saturated rings. The Kier molecular flexibility index (Phi) is 6.09. The first-order valence-electron chi connectivity index (χ1n) is 6.70. The summed E-state index contributed by atoms with van der Waals surface area (Å²) in [5.41, 5.74) is 3.99. The monoisotopic (exact) mass is 251 g/mol. The lowest BCUT2D eigenvalue weighted by molar-refractivity contribution is 0.240. The lowest BCUT2D eigenvalue weighted by atomic mass is 9.90. The van der Waals surface area contributed by atoms with Crippen LogP contribution in [0.3, 0.4) is 0 Å². The number of nitrogens with one attached hydrogen (secondary N) is 1. The van der Waals surface area contributed by atoms with Gasteiger partial charge < -0.3 is 4.74 Å². The van der Waals surface area contributed by atoms with Crippen molar-refractivity contribution in [3.63, 3.8) is 0 Å². The minimum Gasteiger partial charge on any atom is -0.489 e. The van der Waals surface area contributed by atoms with Crippen molar-refractivity contribution in [1.29, 1.82) is 0 Å². The minimum absolute atomic E-state index is 0.128. The molecule has 4 nitrogen and oxygen atoms in total. The molecule has 0 spiro atoms. The fourth-order valence-corrected chi connectivity index (χ4v) is 2.21. The fourth-order valence-electron chi connectivity index (χ4n) is 2.21. The van der Waals surface area contributed by atoms with E-state index in [1.54, 1.807) is 6.20 Å². The largest absolute Gasteiger partial charge is 0.489 e. The van der Waals surface area contributed by atoms with Crippen LogP contribution in [0.2, 0.25) is 0 Å². The number of ether oxygens (including phenoxy) is 1. The van der Waals surface area contributed by atoms with E-state index in [0.29, 0.717) is 5.92 Å². The molecule has 3 N–H and O–H groups in total. The van der Waals surface area contributed by atoms with E-state index in [2.05, 4.69) is 24.3 Å². The second-order valence-electron chi connectivity index (χ2n) is 4.84. The van der Waals surface area contributed by atoms with Crippen LogP contribution in [0.5, 0.6) is 5.75 Å². The molecule has 0 aliphatic carbocycles. The Hall–Kier alpha value is -1.13. The molecule has 0 radical (unpaired) electrons. The highest BCUT2D eigenvalue weighted by molar-refractivity contribution is 5.26. The number of aromatic nitrogens is 1. The molecule has 0 aromatic carbocycles. The maximum atomic E-state index is 5.69. The van der Waals surface area contributed by atoms with Gasteiger partial charge in [-0.1, -0.05) is 26.7 Å². The predicted octanol–water partition coefficient (Wildman–Crippen LogP) is 2.81. The van der Waals surface area contributed by atoms with Crippen molar-refractivity contribution in [3.8, 4) is 5.75 Å². The summed E-state index contributed by atoms with van der Waals surface area (Å²) < 4.78 is 5.67. The molecule has 1 heterocycles. The number of nitrogens with two attached hydrogens (primary N) is 1. The van der Waals surface area contributed by atoms with Crippen molar-refractivity contribution in [3.05, 3.63) is 24.0 Å². The van der Waals surface area contributed by atoms with Gasteiger partial charge in [-0.25, -0.2) is 0 Å². The molecule has 1 unspecified atom stereocenters. The summed E-state index contributed by atoms with van der Waals surface area (Å²) >= 11 is 0. The maximum absolute atomic E-state index is 5.69. The van der Waals surface area contributed by atoms with Gasteiger partial charge in [-0.3, -0.25) is 16.3 Å². The minimum atomic E-state index is 0.128. The number of rotatable bonds is 7. The molecule has 1 aromatic rings. The third-order valence-electron chi connectivity index (χ3n) is 3.16. The van der Waals surface area contributed by atoms with Crippen LogP contribution in [-0.4, -0.2) is 11.1 Å². The van der Waals surface area contributed by atoms with Gasteiger partial charge in [-0.05, 0) is 31.4 Å². The van der Waals surface area contributed by atoms with E-state index in [1.807, 2.05) is 26.1 Å². The summed E-state index contributed by atoms with van der Waals surface area (Å²) in [5, 5.41) is 0. The Morgan fingerprint density at radius 3 is 2.44 bits per heavy atom. The second-order valence-corrected chi connectivity index (χ2v) is 4.84. The van der Waals surface area contributed by atoms with Gasteiger partial charge in [0.15, 0.2) is 0 Å². The predicted molar refractivity (Wildman–Crippen MR) is 74.1 cm³/mol. The van der Waals surface area contributed by atoms with E-state index < -0.39 is 0 Å². The van der Waals surface area contributed by atoms with Crippen LogP contribution >= 0.6 is 0 Å². The Morgan fingerprint density at radius 2 is 1.94 bits per heavy atom. The van der Waals surface area contributed by atoms with Crippen LogP contribution < -0.4 is 16.0 Å². The van der Waals surface area contributed by atoms with Crippen molar-refractivity contribution in [2.45, 2.75) is 52.7 Å². The number of hydrogen-bond donors (Lipinski definition) is 2. The van der Waals surface area contributed by atoms with E-state index in [9.17, 15) is 0 Å². The van der Waals surface area contributed by atoms with Gasteiger partial charge in [0.05, 0.1) is 18.3 Å². The Balaban J connectivity index is 2.91. The van der Waals surface area contributed by atoms with E-state index >= 15 is 0 Å². The van der Waals surface area contributed by atoms with Gasteiger partial charge in [0.1, 0.15) is 5.75 Å². The standard InChI is InChI=1S/C14H25N3O/c1-5-11(6-2)14(17-15)12-7-13(9-16-8-12)18-10(3)4/h7-11,14,17H,5-6,15H2,1-4H3. The number of nitrogens with zero attached hydrogens (tertiary/aromatic N) is 1. The molecule has 0 aliphatic rings. The highest BCUT2D eigenvalue weighted by atomic mass is 16.5. The van der Waals surface area contributed by atoms with Crippen LogP contribution in [0.15, 0.2) is 18.5 Å². The third kappa shape index (κ3) is 3.96. The Labute approximate surface area is 110 Å². The maximum Gasteiger partial charge on any atom is 0.138 e. The highest BCUT2D eigenvalue weighted by Gasteiger charge is 2.19. The zero-order chi connectivity index (χ0) is 13.5. The second kappa shape index (κ2) is 7.34. The summed E-state index contributed by atoms with van der Waals surface area (Å²) in [5.74, 6) is 6.99. The summed E-state index contributed by atoms with van der Waals surface area (Å²) in [6, 6.07) is 2.15. The number of hydrazine groups is 1. The molecule has 0 saturated carbocycles. The summed E-state index contributed by atoms with van der Waals surface area (Å²) in [4.78, 5) is 4.24. The lowest BCUT2D eigenvalue weighted by Gasteiger charge is -2.25. The third-order valence-corrected chi connectivity index (χ3v) is 3.16. The molecule has 0 bridgehead atoms. The Bertz CT molecular complexity index is 351. The fraction of sp³-hybridized carbons (Fsp3) is 0.643. The Morgan fingerprint density at radius 1 is 1.28 bits per heavy atom. The van der Waals surface area contributed by atoms with Crippen LogP contribution in [0.1, 0.15) is 52.1 Å². The van der Waals surface area contributed by atoms with Crippen LogP contribution in [0.25, 0.3) is 0 Å². The van der Waals surface area contributed by atoms with Crippen LogP contribution in [-0.2, 0) is 0 Å². The van der Waals surface area contributed by atoms with Gasteiger partial charge in [-0.2, -0.15) is 0 Å². The molecular weight excluding hydrogens is 226 g/mol. The van der Waals surface area contributed by atoms with Gasteiger partial charge >= 0.3 is 0 Å². The van der Waals surface area contributed by atoms with E-state index in [1.165, 1.54) is 0 Å². The molecule has 1 rings (SSSR count). The molecule has 18 heavy (non-hydrogen) atoms. The van der Waals surface area contributed by atoms with Crippen molar-refractivity contribution >= 4 is 0 Å². The highest BCUT2D eigenvalue weighted by Crippen LogP contribution is 2.28. The van der Waals surface area contributed by atoms with E-state index in [-0.39, 0.29) is 12.1 Å². The quantitative estimate of drug-likeness (QED) is 0.578.